The molecule has 0 bridgehead atoms. The third-order valence-corrected chi connectivity index (χ3v) is 1.75. The number of aryl methyl sites for hydroxylation is 2. The van der Waals surface area contributed by atoms with E-state index in [1.54, 1.807) is 12.5 Å². The van der Waals surface area contributed by atoms with Gasteiger partial charge in [-0.3, -0.25) is 4.98 Å². The lowest BCUT2D eigenvalue weighted by atomic mass is 10.3. The van der Waals surface area contributed by atoms with Crippen LogP contribution in [0.25, 0.3) is 11.0 Å². The van der Waals surface area contributed by atoms with Crippen LogP contribution in [0.15, 0.2) is 18.6 Å². The van der Waals surface area contributed by atoms with Crippen molar-refractivity contribution < 1.29 is 0 Å². The molecule has 2 heterocycles. The first kappa shape index (κ1) is 6.34. The second-order valence-electron chi connectivity index (χ2n) is 2.67. The molecule has 2 aromatic heterocycles. The van der Waals surface area contributed by atoms with Gasteiger partial charge in [-0.05, 0) is 13.0 Å². The van der Waals surface area contributed by atoms with E-state index in [0.717, 1.165) is 16.7 Å². The molecule has 0 aliphatic heterocycles. The quantitative estimate of drug-likeness (QED) is 0.562. The number of aromatic nitrogens is 3. The summed E-state index contributed by atoms with van der Waals surface area (Å²) in [6.45, 7) is 1.98. The zero-order valence-electron chi connectivity index (χ0n) is 6.57. The molecule has 0 saturated heterocycles. The minimum absolute atomic E-state index is 0.957. The van der Waals surface area contributed by atoms with Gasteiger partial charge in [-0.2, -0.15) is 0 Å². The fraction of sp³-hybridized carbons (Fsp3) is 0.250. The van der Waals surface area contributed by atoms with Crippen LogP contribution in [0.4, 0.5) is 0 Å². The predicted molar refractivity (Wildman–Crippen MR) is 43.2 cm³/mol. The number of hydrogen-bond donors (Lipinski definition) is 0. The number of nitrogens with zero attached hydrogens (tertiary/aromatic N) is 3. The number of hydrogen-bond acceptors (Lipinski definition) is 2. The Morgan fingerprint density at radius 2 is 2.18 bits per heavy atom. The highest BCUT2D eigenvalue weighted by Crippen LogP contribution is 2.10. The van der Waals surface area contributed by atoms with Crippen molar-refractivity contribution in [3.63, 3.8) is 0 Å². The molecule has 0 aliphatic rings. The summed E-state index contributed by atoms with van der Waals surface area (Å²) < 4.78 is 1.99. The third kappa shape index (κ3) is 0.888. The van der Waals surface area contributed by atoms with E-state index < -0.39 is 0 Å². The molecule has 0 spiro atoms. The summed E-state index contributed by atoms with van der Waals surface area (Å²) >= 11 is 0. The van der Waals surface area contributed by atoms with E-state index >= 15 is 0 Å². The molecule has 0 unspecified atom stereocenters. The Kier molecular flexibility index (Phi) is 1.18. The van der Waals surface area contributed by atoms with Crippen LogP contribution in [0.2, 0.25) is 0 Å². The maximum absolute atomic E-state index is 4.16. The smallest absolute Gasteiger partial charge is 0.107 e. The SMILES string of the molecule is Cc1cc2c(cn1)ncn2C. The molecule has 11 heavy (non-hydrogen) atoms. The van der Waals surface area contributed by atoms with Crippen LogP contribution in [-0.4, -0.2) is 14.5 Å². The van der Waals surface area contributed by atoms with Crippen molar-refractivity contribution in [2.75, 3.05) is 0 Å². The van der Waals surface area contributed by atoms with Crippen molar-refractivity contribution in [2.45, 2.75) is 6.92 Å². The van der Waals surface area contributed by atoms with Gasteiger partial charge in [-0.1, -0.05) is 0 Å². The molecule has 0 fully saturated rings. The molecule has 0 saturated carbocycles. The number of fused-ring (bicyclic) bond motifs is 1. The van der Waals surface area contributed by atoms with Crippen LogP contribution in [0, 0.1) is 6.92 Å². The Bertz CT molecular complexity index is 389. The zero-order chi connectivity index (χ0) is 7.84. The maximum Gasteiger partial charge on any atom is 0.107 e. The molecule has 3 nitrogen and oxygen atoms in total. The molecule has 2 rings (SSSR count). The van der Waals surface area contributed by atoms with Crippen LogP contribution >= 0.6 is 0 Å². The first-order valence-corrected chi connectivity index (χ1v) is 3.51. The van der Waals surface area contributed by atoms with Gasteiger partial charge in [0.05, 0.1) is 18.0 Å². The summed E-state index contributed by atoms with van der Waals surface area (Å²) in [5.74, 6) is 0. The average Bonchev–Trinajstić information content (AvgIpc) is 2.33. The molecular formula is C8H9N3. The number of rotatable bonds is 0. The van der Waals surface area contributed by atoms with Gasteiger partial charge in [0, 0.05) is 12.7 Å². The van der Waals surface area contributed by atoms with Crippen LogP contribution in [0.3, 0.4) is 0 Å². The van der Waals surface area contributed by atoms with Crippen molar-refractivity contribution in [3.05, 3.63) is 24.3 Å². The lowest BCUT2D eigenvalue weighted by Gasteiger charge is -1.93. The Morgan fingerprint density at radius 1 is 1.36 bits per heavy atom. The summed E-state index contributed by atoms with van der Waals surface area (Å²) in [6, 6.07) is 2.03. The van der Waals surface area contributed by atoms with Gasteiger partial charge in [-0.15, -0.1) is 0 Å². The third-order valence-electron chi connectivity index (χ3n) is 1.75. The van der Waals surface area contributed by atoms with E-state index in [0.29, 0.717) is 0 Å². The van der Waals surface area contributed by atoms with E-state index in [-0.39, 0.29) is 0 Å². The van der Waals surface area contributed by atoms with Crippen LogP contribution < -0.4 is 0 Å². The first-order chi connectivity index (χ1) is 5.27. The summed E-state index contributed by atoms with van der Waals surface area (Å²) in [7, 11) is 1.98. The summed E-state index contributed by atoms with van der Waals surface area (Å²) in [6.07, 6.45) is 3.59. The van der Waals surface area contributed by atoms with Gasteiger partial charge in [-0.25, -0.2) is 4.98 Å². The van der Waals surface area contributed by atoms with E-state index in [1.807, 2.05) is 24.6 Å². The minimum Gasteiger partial charge on any atom is -0.334 e. The molecule has 3 heteroatoms. The first-order valence-electron chi connectivity index (χ1n) is 3.51. The number of pyridine rings is 1. The van der Waals surface area contributed by atoms with E-state index in [4.69, 9.17) is 0 Å². The topological polar surface area (TPSA) is 30.7 Å². The molecular weight excluding hydrogens is 138 g/mol. The van der Waals surface area contributed by atoms with E-state index in [2.05, 4.69) is 9.97 Å². The fourth-order valence-corrected chi connectivity index (χ4v) is 1.13. The van der Waals surface area contributed by atoms with Crippen molar-refractivity contribution >= 4 is 11.0 Å². The molecule has 0 aliphatic carbocycles. The standard InChI is InChI=1S/C8H9N3/c1-6-3-8-7(4-9-6)10-5-11(8)2/h3-5H,1-2H3. The molecule has 0 N–H and O–H groups in total. The Morgan fingerprint density at radius 3 is 3.00 bits per heavy atom. The van der Waals surface area contributed by atoms with Gasteiger partial charge in [0.1, 0.15) is 5.52 Å². The van der Waals surface area contributed by atoms with Crippen LogP contribution in [-0.2, 0) is 7.05 Å². The summed E-state index contributed by atoms with van der Waals surface area (Å²) in [5.41, 5.74) is 3.12. The highest BCUT2D eigenvalue weighted by Gasteiger charge is 1.98. The fourth-order valence-electron chi connectivity index (χ4n) is 1.13. The van der Waals surface area contributed by atoms with E-state index in [1.165, 1.54) is 0 Å². The predicted octanol–water partition coefficient (Wildman–Crippen LogP) is 1.28. The highest BCUT2D eigenvalue weighted by atomic mass is 15.0. The Balaban J connectivity index is 2.87. The zero-order valence-corrected chi connectivity index (χ0v) is 6.57. The lowest BCUT2D eigenvalue weighted by Crippen LogP contribution is -1.85. The normalized spacial score (nSPS) is 10.7. The van der Waals surface area contributed by atoms with Crippen molar-refractivity contribution in [1.82, 2.24) is 14.5 Å². The van der Waals surface area contributed by atoms with Gasteiger partial charge >= 0.3 is 0 Å². The van der Waals surface area contributed by atoms with Crippen molar-refractivity contribution in [3.8, 4) is 0 Å². The van der Waals surface area contributed by atoms with Crippen LogP contribution in [0.5, 0.6) is 0 Å². The van der Waals surface area contributed by atoms with Crippen LogP contribution in [0.1, 0.15) is 5.69 Å². The van der Waals surface area contributed by atoms with E-state index in [9.17, 15) is 0 Å². The van der Waals surface area contributed by atoms with Gasteiger partial charge in [0.2, 0.25) is 0 Å². The molecule has 0 atom stereocenters. The molecule has 0 radical (unpaired) electrons. The van der Waals surface area contributed by atoms with Gasteiger partial charge in [0.25, 0.3) is 0 Å². The maximum atomic E-state index is 4.16. The lowest BCUT2D eigenvalue weighted by molar-refractivity contribution is 0.946. The Hall–Kier alpha value is -1.38. The molecule has 2 aromatic rings. The Labute approximate surface area is 64.7 Å². The second kappa shape index (κ2) is 2.05. The van der Waals surface area contributed by atoms with Gasteiger partial charge < -0.3 is 4.57 Å². The summed E-state index contributed by atoms with van der Waals surface area (Å²) in [4.78, 5) is 8.30. The molecule has 0 aromatic carbocycles. The van der Waals surface area contributed by atoms with Gasteiger partial charge in [0.15, 0.2) is 0 Å². The van der Waals surface area contributed by atoms with Crippen molar-refractivity contribution in [2.24, 2.45) is 7.05 Å². The van der Waals surface area contributed by atoms with Crippen molar-refractivity contribution in [1.29, 1.82) is 0 Å². The monoisotopic (exact) mass is 147 g/mol. The molecule has 0 amide bonds. The largest absolute Gasteiger partial charge is 0.334 e. The minimum atomic E-state index is 0.957. The summed E-state index contributed by atoms with van der Waals surface area (Å²) in [5, 5.41) is 0. The number of imidazole rings is 1. The second-order valence-corrected chi connectivity index (χ2v) is 2.67. The average molecular weight is 147 g/mol. The molecule has 56 valence electrons. The highest BCUT2D eigenvalue weighted by molar-refractivity contribution is 5.74.